The highest BCUT2D eigenvalue weighted by atomic mass is 35.5. The van der Waals surface area contributed by atoms with Gasteiger partial charge in [0.2, 0.25) is 0 Å². The molecule has 0 saturated heterocycles. The third kappa shape index (κ3) is 1.59. The van der Waals surface area contributed by atoms with E-state index in [0.29, 0.717) is 11.1 Å². The summed E-state index contributed by atoms with van der Waals surface area (Å²) < 4.78 is 0. The van der Waals surface area contributed by atoms with E-state index in [0.717, 1.165) is 11.1 Å². The van der Waals surface area contributed by atoms with Gasteiger partial charge in [-0.3, -0.25) is 4.79 Å². The average molecular weight is 211 g/mol. The Labute approximate surface area is 87.4 Å². The van der Waals surface area contributed by atoms with Crippen LogP contribution >= 0.6 is 12.4 Å². The first-order valence-electron chi connectivity index (χ1n) is 4.06. The summed E-state index contributed by atoms with van der Waals surface area (Å²) in [5.41, 5.74) is 7.13. The van der Waals surface area contributed by atoms with E-state index >= 15 is 0 Å². The lowest BCUT2D eigenvalue weighted by Crippen LogP contribution is -2.07. The maximum atomic E-state index is 11.4. The number of anilines is 1. The number of aryl methyl sites for hydroxylation is 1. The number of aromatic nitrogens is 1. The summed E-state index contributed by atoms with van der Waals surface area (Å²) >= 11 is 0. The molecule has 74 valence electrons. The Morgan fingerprint density at radius 1 is 1.29 bits per heavy atom. The monoisotopic (exact) mass is 210 g/mol. The zero-order valence-corrected chi connectivity index (χ0v) is 8.52. The van der Waals surface area contributed by atoms with Gasteiger partial charge in [0.05, 0.1) is 0 Å². The number of hydrogen-bond acceptors (Lipinski definition) is 2. The van der Waals surface area contributed by atoms with E-state index in [-0.39, 0.29) is 18.0 Å². The van der Waals surface area contributed by atoms with Crippen molar-refractivity contribution in [1.29, 1.82) is 0 Å². The van der Waals surface area contributed by atoms with Crippen molar-refractivity contribution in [3.63, 3.8) is 0 Å². The van der Waals surface area contributed by atoms with Crippen LogP contribution < -0.4 is 11.3 Å². The summed E-state index contributed by atoms with van der Waals surface area (Å²) in [5.74, 6) is 0. The van der Waals surface area contributed by atoms with Crippen molar-refractivity contribution in [2.45, 2.75) is 6.92 Å². The first kappa shape index (κ1) is 10.6. The fourth-order valence-electron chi connectivity index (χ4n) is 1.44. The molecule has 2 rings (SSSR count). The maximum Gasteiger partial charge on any atom is 0.256 e. The third-order valence-corrected chi connectivity index (χ3v) is 2.06. The number of nitrogens with one attached hydrogen (secondary N) is 1. The predicted octanol–water partition coefficient (Wildman–Crippen LogP) is 1.84. The van der Waals surface area contributed by atoms with Gasteiger partial charge in [-0.2, -0.15) is 0 Å². The zero-order chi connectivity index (χ0) is 9.42. The molecular weight excluding hydrogens is 200 g/mol. The van der Waals surface area contributed by atoms with Crippen molar-refractivity contribution in [2.75, 3.05) is 5.73 Å². The topological polar surface area (TPSA) is 58.9 Å². The average Bonchev–Trinajstić information content (AvgIpc) is 2.07. The van der Waals surface area contributed by atoms with Crippen molar-refractivity contribution in [2.24, 2.45) is 0 Å². The van der Waals surface area contributed by atoms with Crippen molar-refractivity contribution < 1.29 is 0 Å². The summed E-state index contributed by atoms with van der Waals surface area (Å²) in [6.07, 6.45) is 0. The molecule has 1 heterocycles. The van der Waals surface area contributed by atoms with Crippen LogP contribution in [-0.2, 0) is 0 Å². The van der Waals surface area contributed by atoms with Crippen LogP contribution in [-0.4, -0.2) is 4.98 Å². The Kier molecular flexibility index (Phi) is 2.81. The lowest BCUT2D eigenvalue weighted by atomic mass is 10.1. The molecule has 0 fully saturated rings. The van der Waals surface area contributed by atoms with Crippen LogP contribution in [0, 0.1) is 6.92 Å². The van der Waals surface area contributed by atoms with Crippen molar-refractivity contribution >= 4 is 28.9 Å². The van der Waals surface area contributed by atoms with Crippen LogP contribution in [0.2, 0.25) is 0 Å². The number of halogens is 1. The predicted molar refractivity (Wildman–Crippen MR) is 61.0 cm³/mol. The number of nitrogen functional groups attached to an aromatic ring is 1. The molecule has 0 aliphatic carbocycles. The number of H-pyrrole nitrogens is 1. The number of rotatable bonds is 0. The summed E-state index contributed by atoms with van der Waals surface area (Å²) in [7, 11) is 0. The quantitative estimate of drug-likeness (QED) is 0.652. The van der Waals surface area contributed by atoms with Gasteiger partial charge in [-0.05, 0) is 25.1 Å². The van der Waals surface area contributed by atoms with Crippen LogP contribution in [0.3, 0.4) is 0 Å². The fourth-order valence-corrected chi connectivity index (χ4v) is 1.44. The smallest absolute Gasteiger partial charge is 0.256 e. The molecule has 0 unspecified atom stereocenters. The molecule has 0 bridgehead atoms. The standard InChI is InChI=1S/C10H10N2O.ClH/c1-6-5-8-7(10(13)12-6)3-2-4-9(8)11;/h2-5H,11H2,1H3,(H,12,13);1H. The second-order valence-corrected chi connectivity index (χ2v) is 3.09. The molecule has 0 radical (unpaired) electrons. The SMILES string of the molecule is Cc1cc2c(N)cccc2c(=O)[nH]1.Cl. The summed E-state index contributed by atoms with van der Waals surface area (Å²) in [4.78, 5) is 14.2. The van der Waals surface area contributed by atoms with E-state index in [9.17, 15) is 4.79 Å². The lowest BCUT2D eigenvalue weighted by molar-refractivity contribution is 1.17. The van der Waals surface area contributed by atoms with E-state index in [1.807, 2.05) is 13.0 Å². The maximum absolute atomic E-state index is 11.4. The van der Waals surface area contributed by atoms with Gasteiger partial charge < -0.3 is 10.7 Å². The molecule has 14 heavy (non-hydrogen) atoms. The second kappa shape index (κ2) is 3.72. The summed E-state index contributed by atoms with van der Waals surface area (Å²) in [5, 5.41) is 1.47. The van der Waals surface area contributed by atoms with Crippen LogP contribution in [0.4, 0.5) is 5.69 Å². The second-order valence-electron chi connectivity index (χ2n) is 3.09. The minimum absolute atomic E-state index is 0. The van der Waals surface area contributed by atoms with Gasteiger partial charge in [0, 0.05) is 22.2 Å². The highest BCUT2D eigenvalue weighted by molar-refractivity contribution is 5.92. The van der Waals surface area contributed by atoms with Gasteiger partial charge >= 0.3 is 0 Å². The van der Waals surface area contributed by atoms with Gasteiger partial charge in [0.1, 0.15) is 0 Å². The number of nitrogens with two attached hydrogens (primary N) is 1. The largest absolute Gasteiger partial charge is 0.398 e. The van der Waals surface area contributed by atoms with E-state index in [1.54, 1.807) is 18.2 Å². The number of fused-ring (bicyclic) bond motifs is 1. The van der Waals surface area contributed by atoms with Crippen molar-refractivity contribution in [1.82, 2.24) is 4.98 Å². The normalized spacial score (nSPS) is 9.79. The molecule has 1 aromatic heterocycles. The Morgan fingerprint density at radius 3 is 2.71 bits per heavy atom. The molecule has 4 heteroatoms. The molecule has 2 aromatic rings. The van der Waals surface area contributed by atoms with E-state index in [1.165, 1.54) is 0 Å². The molecule has 0 atom stereocenters. The first-order chi connectivity index (χ1) is 6.18. The van der Waals surface area contributed by atoms with E-state index < -0.39 is 0 Å². The Balaban J connectivity index is 0.000000980. The van der Waals surface area contributed by atoms with Crippen LogP contribution in [0.15, 0.2) is 29.1 Å². The molecule has 3 N–H and O–H groups in total. The van der Waals surface area contributed by atoms with Crippen LogP contribution in [0.25, 0.3) is 10.8 Å². The molecule has 0 saturated carbocycles. The number of benzene rings is 1. The highest BCUT2D eigenvalue weighted by Gasteiger charge is 2.01. The fraction of sp³-hybridized carbons (Fsp3) is 0.100. The molecular formula is C10H11ClN2O. The Hall–Kier alpha value is -1.48. The number of hydrogen-bond donors (Lipinski definition) is 2. The molecule has 0 aliphatic rings. The number of aromatic amines is 1. The minimum Gasteiger partial charge on any atom is -0.398 e. The van der Waals surface area contributed by atoms with Gasteiger partial charge in [0.25, 0.3) is 5.56 Å². The van der Waals surface area contributed by atoms with Crippen LogP contribution in [0.1, 0.15) is 5.69 Å². The van der Waals surface area contributed by atoms with Crippen molar-refractivity contribution in [3.8, 4) is 0 Å². The third-order valence-electron chi connectivity index (χ3n) is 2.06. The first-order valence-corrected chi connectivity index (χ1v) is 4.06. The van der Waals surface area contributed by atoms with E-state index in [4.69, 9.17) is 5.73 Å². The molecule has 3 nitrogen and oxygen atoms in total. The van der Waals surface area contributed by atoms with Gasteiger partial charge in [-0.25, -0.2) is 0 Å². The Bertz CT molecular complexity index is 519. The summed E-state index contributed by atoms with van der Waals surface area (Å²) in [6.45, 7) is 1.84. The minimum atomic E-state index is -0.0812. The lowest BCUT2D eigenvalue weighted by Gasteiger charge is -2.01. The zero-order valence-electron chi connectivity index (χ0n) is 7.70. The van der Waals surface area contributed by atoms with Gasteiger partial charge in [-0.1, -0.05) is 6.07 Å². The van der Waals surface area contributed by atoms with Crippen molar-refractivity contribution in [3.05, 3.63) is 40.3 Å². The van der Waals surface area contributed by atoms with Gasteiger partial charge in [0.15, 0.2) is 0 Å². The number of pyridine rings is 1. The molecule has 1 aromatic carbocycles. The van der Waals surface area contributed by atoms with E-state index in [2.05, 4.69) is 4.98 Å². The van der Waals surface area contributed by atoms with Crippen LogP contribution in [0.5, 0.6) is 0 Å². The highest BCUT2D eigenvalue weighted by Crippen LogP contribution is 2.17. The Morgan fingerprint density at radius 2 is 2.00 bits per heavy atom. The molecule has 0 spiro atoms. The van der Waals surface area contributed by atoms with Gasteiger partial charge in [-0.15, -0.1) is 12.4 Å². The summed E-state index contributed by atoms with van der Waals surface area (Å²) in [6, 6.07) is 7.22. The molecule has 0 aliphatic heterocycles. The molecule has 0 amide bonds.